The van der Waals surface area contributed by atoms with Crippen LogP contribution < -0.4 is 9.47 Å². The van der Waals surface area contributed by atoms with E-state index in [0.29, 0.717) is 17.1 Å². The van der Waals surface area contributed by atoms with Gasteiger partial charge in [0.1, 0.15) is 17.6 Å². The molecule has 0 saturated carbocycles. The molecule has 0 radical (unpaired) electrons. The Morgan fingerprint density at radius 1 is 1.24 bits per heavy atom. The van der Waals surface area contributed by atoms with Crippen LogP contribution in [0.1, 0.15) is 11.1 Å². The Bertz CT molecular complexity index is 615. The molecule has 1 heterocycles. The quantitative estimate of drug-likeness (QED) is 0.792. The highest BCUT2D eigenvalue weighted by atomic mass is 16.5. The molecule has 4 nitrogen and oxygen atoms in total. The molecule has 0 aliphatic heterocycles. The van der Waals surface area contributed by atoms with Gasteiger partial charge in [-0.05, 0) is 18.6 Å². The van der Waals surface area contributed by atoms with Crippen LogP contribution in [-0.4, -0.2) is 19.2 Å². The number of aromatic nitrogens is 1. The molecule has 0 N–H and O–H groups in total. The van der Waals surface area contributed by atoms with Crippen molar-refractivity contribution in [2.45, 2.75) is 6.92 Å². The number of hydrogen-bond donors (Lipinski definition) is 0. The van der Waals surface area contributed by atoms with E-state index in [2.05, 4.69) is 11.1 Å². The summed E-state index contributed by atoms with van der Waals surface area (Å²) in [5.74, 6) is 1.39. The topological polar surface area (TPSA) is 55.1 Å². The predicted octanol–water partition coefficient (Wildman–Crippen LogP) is 2.43. The van der Waals surface area contributed by atoms with Crippen molar-refractivity contribution in [3.63, 3.8) is 0 Å². The molecule has 2 rings (SSSR count). The normalized spacial score (nSPS) is 10.0. The van der Waals surface area contributed by atoms with E-state index in [9.17, 15) is 0 Å². The van der Waals surface area contributed by atoms with Crippen LogP contribution in [0, 0.1) is 18.3 Å². The van der Waals surface area contributed by atoms with Gasteiger partial charge < -0.3 is 9.47 Å². The first-order valence-electron chi connectivity index (χ1n) is 5.12. The van der Waals surface area contributed by atoms with Gasteiger partial charge >= 0.3 is 0 Å². The molecule has 17 heavy (non-hydrogen) atoms. The van der Waals surface area contributed by atoms with Gasteiger partial charge in [-0.2, -0.15) is 5.26 Å². The lowest BCUT2D eigenvalue weighted by Gasteiger charge is -2.13. The number of nitrogens with zero attached hydrogens (tertiary/aromatic N) is 2. The van der Waals surface area contributed by atoms with Gasteiger partial charge in [-0.1, -0.05) is 0 Å². The molecule has 0 spiro atoms. The largest absolute Gasteiger partial charge is 0.496 e. The standard InChI is InChI=1S/C13H12N2O2/c1-8-4-11(16-2)10-7-15-6-9(5-14)12(10)13(8)17-3/h4,6-7H,1-3H3. The summed E-state index contributed by atoms with van der Waals surface area (Å²) in [4.78, 5) is 4.04. The molecule has 0 aliphatic carbocycles. The molecule has 0 fully saturated rings. The molecule has 2 aromatic rings. The second kappa shape index (κ2) is 4.30. The number of ether oxygens (including phenoxy) is 2. The molecule has 0 aliphatic rings. The van der Waals surface area contributed by atoms with E-state index >= 15 is 0 Å². The summed E-state index contributed by atoms with van der Waals surface area (Å²) in [6.07, 6.45) is 3.21. The minimum Gasteiger partial charge on any atom is -0.496 e. The SMILES string of the molecule is COc1cc(C)c(OC)c2c(C#N)cncc12. The van der Waals surface area contributed by atoms with E-state index < -0.39 is 0 Å². The smallest absolute Gasteiger partial charge is 0.131 e. The van der Waals surface area contributed by atoms with Crippen molar-refractivity contribution in [1.82, 2.24) is 4.98 Å². The summed E-state index contributed by atoms with van der Waals surface area (Å²) in [6.45, 7) is 1.92. The Hall–Kier alpha value is -2.28. The summed E-state index contributed by atoms with van der Waals surface area (Å²) >= 11 is 0. The van der Waals surface area contributed by atoms with Gasteiger partial charge in [0.15, 0.2) is 0 Å². The fourth-order valence-corrected chi connectivity index (χ4v) is 1.95. The lowest BCUT2D eigenvalue weighted by molar-refractivity contribution is 0.408. The zero-order chi connectivity index (χ0) is 12.4. The van der Waals surface area contributed by atoms with Gasteiger partial charge in [-0.25, -0.2) is 0 Å². The van der Waals surface area contributed by atoms with Gasteiger partial charge in [-0.15, -0.1) is 0 Å². The van der Waals surface area contributed by atoms with E-state index in [0.717, 1.165) is 16.3 Å². The first-order valence-corrected chi connectivity index (χ1v) is 5.12. The zero-order valence-corrected chi connectivity index (χ0v) is 9.94. The van der Waals surface area contributed by atoms with Gasteiger partial charge in [0.05, 0.1) is 19.8 Å². The number of aryl methyl sites for hydroxylation is 1. The number of nitriles is 1. The Balaban J connectivity index is 2.99. The molecular weight excluding hydrogens is 216 g/mol. The fourth-order valence-electron chi connectivity index (χ4n) is 1.95. The van der Waals surface area contributed by atoms with Gasteiger partial charge in [0, 0.05) is 23.2 Å². The lowest BCUT2D eigenvalue weighted by Crippen LogP contribution is -1.95. The van der Waals surface area contributed by atoms with Crippen LogP contribution in [0.3, 0.4) is 0 Å². The highest BCUT2D eigenvalue weighted by Gasteiger charge is 2.14. The van der Waals surface area contributed by atoms with Crippen molar-refractivity contribution < 1.29 is 9.47 Å². The third-order valence-corrected chi connectivity index (χ3v) is 2.69. The molecule has 0 amide bonds. The monoisotopic (exact) mass is 228 g/mol. The molecule has 0 saturated heterocycles. The van der Waals surface area contributed by atoms with Crippen LogP contribution in [0.4, 0.5) is 0 Å². The van der Waals surface area contributed by atoms with E-state index in [-0.39, 0.29) is 0 Å². The van der Waals surface area contributed by atoms with Crippen LogP contribution in [0.25, 0.3) is 10.8 Å². The van der Waals surface area contributed by atoms with Crippen molar-refractivity contribution in [1.29, 1.82) is 5.26 Å². The van der Waals surface area contributed by atoms with Crippen molar-refractivity contribution in [2.24, 2.45) is 0 Å². The summed E-state index contributed by atoms with van der Waals surface area (Å²) in [5, 5.41) is 10.7. The van der Waals surface area contributed by atoms with E-state index in [1.807, 2.05) is 13.0 Å². The number of rotatable bonds is 2. The minimum atomic E-state index is 0.487. The lowest BCUT2D eigenvalue weighted by atomic mass is 10.0. The summed E-state index contributed by atoms with van der Waals surface area (Å²) in [6, 6.07) is 4.00. The molecule has 0 unspecified atom stereocenters. The van der Waals surface area contributed by atoms with Crippen molar-refractivity contribution >= 4 is 10.8 Å². The Morgan fingerprint density at radius 2 is 2.00 bits per heavy atom. The second-order valence-corrected chi connectivity index (χ2v) is 3.65. The molecule has 86 valence electrons. The number of methoxy groups -OCH3 is 2. The van der Waals surface area contributed by atoms with Gasteiger partial charge in [0.25, 0.3) is 0 Å². The molecule has 1 aromatic carbocycles. The van der Waals surface area contributed by atoms with E-state index in [1.165, 1.54) is 6.20 Å². The van der Waals surface area contributed by atoms with Crippen LogP contribution in [0.2, 0.25) is 0 Å². The fraction of sp³-hybridized carbons (Fsp3) is 0.231. The van der Waals surface area contributed by atoms with Crippen LogP contribution >= 0.6 is 0 Å². The van der Waals surface area contributed by atoms with Crippen LogP contribution in [-0.2, 0) is 0 Å². The molecule has 4 heteroatoms. The molecular formula is C13H12N2O2. The summed E-state index contributed by atoms with van der Waals surface area (Å²) < 4.78 is 10.7. The van der Waals surface area contributed by atoms with Crippen molar-refractivity contribution in [3.8, 4) is 17.6 Å². The maximum absolute atomic E-state index is 9.12. The van der Waals surface area contributed by atoms with Crippen LogP contribution in [0.5, 0.6) is 11.5 Å². The number of hydrogen-bond acceptors (Lipinski definition) is 4. The first-order chi connectivity index (χ1) is 8.22. The van der Waals surface area contributed by atoms with Crippen molar-refractivity contribution in [2.75, 3.05) is 14.2 Å². The average molecular weight is 228 g/mol. The Morgan fingerprint density at radius 3 is 2.59 bits per heavy atom. The highest BCUT2D eigenvalue weighted by molar-refractivity contribution is 5.97. The number of pyridine rings is 1. The highest BCUT2D eigenvalue weighted by Crippen LogP contribution is 2.37. The van der Waals surface area contributed by atoms with Crippen molar-refractivity contribution in [3.05, 3.63) is 29.6 Å². The second-order valence-electron chi connectivity index (χ2n) is 3.65. The van der Waals surface area contributed by atoms with E-state index in [1.54, 1.807) is 20.4 Å². The minimum absolute atomic E-state index is 0.487. The third kappa shape index (κ3) is 1.66. The van der Waals surface area contributed by atoms with Gasteiger partial charge in [0.2, 0.25) is 0 Å². The number of fused-ring (bicyclic) bond motifs is 1. The molecule has 0 atom stereocenters. The predicted molar refractivity (Wildman–Crippen MR) is 64.3 cm³/mol. The maximum atomic E-state index is 9.12. The third-order valence-electron chi connectivity index (χ3n) is 2.69. The first kappa shape index (κ1) is 11.2. The summed E-state index contributed by atoms with van der Waals surface area (Å²) in [5.41, 5.74) is 1.42. The Labute approximate surface area is 99.4 Å². The van der Waals surface area contributed by atoms with Crippen LogP contribution in [0.15, 0.2) is 18.5 Å². The average Bonchev–Trinajstić information content (AvgIpc) is 2.37. The van der Waals surface area contributed by atoms with E-state index in [4.69, 9.17) is 14.7 Å². The van der Waals surface area contributed by atoms with Gasteiger partial charge in [-0.3, -0.25) is 4.98 Å². The molecule has 1 aromatic heterocycles. The Kier molecular flexibility index (Phi) is 2.84. The maximum Gasteiger partial charge on any atom is 0.131 e. The molecule has 0 bridgehead atoms. The zero-order valence-electron chi connectivity index (χ0n) is 9.94. The summed E-state index contributed by atoms with van der Waals surface area (Å²) in [7, 11) is 3.19. The number of benzene rings is 1.